The summed E-state index contributed by atoms with van der Waals surface area (Å²) >= 11 is 0. The topological polar surface area (TPSA) is 41.3 Å². The minimum Gasteiger partial charge on any atom is -0.386 e. The maximum absolute atomic E-state index is 13.8. The van der Waals surface area contributed by atoms with Crippen molar-refractivity contribution in [3.63, 3.8) is 0 Å². The van der Waals surface area contributed by atoms with Crippen molar-refractivity contribution in [1.29, 1.82) is 0 Å². The molecule has 1 aliphatic rings. The second-order valence-electron chi connectivity index (χ2n) is 4.21. The van der Waals surface area contributed by atoms with Gasteiger partial charge in [0.05, 0.1) is 11.4 Å². The van der Waals surface area contributed by atoms with E-state index in [9.17, 15) is 4.39 Å². The Morgan fingerprint density at radius 1 is 1.38 bits per heavy atom. The fraction of sp³-hybridized carbons (Fsp3) is 0.500. The zero-order valence-electron chi connectivity index (χ0n) is 9.54. The van der Waals surface area contributed by atoms with Crippen molar-refractivity contribution in [3.05, 3.63) is 24.0 Å². The third-order valence-corrected chi connectivity index (χ3v) is 3.11. The van der Waals surface area contributed by atoms with Crippen LogP contribution in [0.25, 0.3) is 0 Å². The molecule has 0 aromatic heterocycles. The van der Waals surface area contributed by atoms with Crippen LogP contribution in [0.2, 0.25) is 0 Å². The lowest BCUT2D eigenvalue weighted by atomic mass is 10.0. The summed E-state index contributed by atoms with van der Waals surface area (Å²) in [6.07, 6.45) is 1.86. The number of nitrogens with one attached hydrogen (secondary N) is 1. The van der Waals surface area contributed by atoms with Gasteiger partial charge in [-0.3, -0.25) is 0 Å². The third-order valence-electron chi connectivity index (χ3n) is 3.11. The molecule has 1 aliphatic heterocycles. The van der Waals surface area contributed by atoms with Crippen LogP contribution in [0, 0.1) is 5.82 Å². The molecule has 0 amide bonds. The van der Waals surface area contributed by atoms with Gasteiger partial charge in [0.1, 0.15) is 5.82 Å². The van der Waals surface area contributed by atoms with Crippen molar-refractivity contribution in [1.82, 2.24) is 0 Å². The van der Waals surface area contributed by atoms with E-state index >= 15 is 0 Å². The van der Waals surface area contributed by atoms with Crippen LogP contribution in [0.15, 0.2) is 18.2 Å². The third kappa shape index (κ3) is 2.11. The van der Waals surface area contributed by atoms with E-state index in [4.69, 9.17) is 5.73 Å². The Hall–Kier alpha value is -1.29. The molecular formula is C12H18FN3. The second kappa shape index (κ2) is 4.70. The molecule has 2 rings (SSSR count). The van der Waals surface area contributed by atoms with E-state index < -0.39 is 0 Å². The summed E-state index contributed by atoms with van der Waals surface area (Å²) < 4.78 is 13.8. The molecular weight excluding hydrogens is 205 g/mol. The van der Waals surface area contributed by atoms with Crippen molar-refractivity contribution in [2.75, 3.05) is 30.4 Å². The van der Waals surface area contributed by atoms with Crippen LogP contribution in [-0.2, 0) is 0 Å². The molecule has 3 nitrogen and oxygen atoms in total. The van der Waals surface area contributed by atoms with Gasteiger partial charge in [-0.1, -0.05) is 6.07 Å². The van der Waals surface area contributed by atoms with E-state index in [1.54, 1.807) is 6.07 Å². The van der Waals surface area contributed by atoms with Crippen LogP contribution < -0.4 is 16.0 Å². The van der Waals surface area contributed by atoms with Crippen LogP contribution in [0.4, 0.5) is 15.8 Å². The first-order chi connectivity index (χ1) is 7.72. The molecule has 0 unspecified atom stereocenters. The summed E-state index contributed by atoms with van der Waals surface area (Å²) in [6, 6.07) is 5.39. The molecule has 3 N–H and O–H groups in total. The van der Waals surface area contributed by atoms with Gasteiger partial charge in [0.15, 0.2) is 0 Å². The van der Waals surface area contributed by atoms with Gasteiger partial charge in [0.2, 0.25) is 0 Å². The molecule has 1 saturated heterocycles. The smallest absolute Gasteiger partial charge is 0.148 e. The second-order valence-corrected chi connectivity index (χ2v) is 4.21. The van der Waals surface area contributed by atoms with E-state index in [0.29, 0.717) is 5.69 Å². The lowest BCUT2D eigenvalue weighted by molar-refractivity contribution is 0.494. The normalized spacial score (nSPS) is 17.6. The van der Waals surface area contributed by atoms with Crippen molar-refractivity contribution < 1.29 is 4.39 Å². The molecule has 0 atom stereocenters. The molecule has 0 spiro atoms. The van der Waals surface area contributed by atoms with Gasteiger partial charge in [-0.2, -0.15) is 0 Å². The minimum absolute atomic E-state index is 0.165. The minimum atomic E-state index is -0.165. The monoisotopic (exact) mass is 223 g/mol. The van der Waals surface area contributed by atoms with E-state index in [1.807, 2.05) is 13.1 Å². The standard InChI is InChI=1S/C12H18FN3/c1-15-11-4-2-3-10(13)12(11)16-7-5-9(14)6-8-16/h2-4,9,15H,5-8,14H2,1H3. The van der Waals surface area contributed by atoms with Crippen molar-refractivity contribution in [3.8, 4) is 0 Å². The van der Waals surface area contributed by atoms with Crippen LogP contribution in [0.1, 0.15) is 12.8 Å². The Kier molecular flexibility index (Phi) is 3.29. The molecule has 0 aliphatic carbocycles. The van der Waals surface area contributed by atoms with Gasteiger partial charge < -0.3 is 16.0 Å². The van der Waals surface area contributed by atoms with Crippen LogP contribution in [-0.4, -0.2) is 26.2 Å². The van der Waals surface area contributed by atoms with E-state index in [1.165, 1.54) is 6.07 Å². The first-order valence-corrected chi connectivity index (χ1v) is 5.69. The lowest BCUT2D eigenvalue weighted by Gasteiger charge is -2.33. The predicted octanol–water partition coefficient (Wildman–Crippen LogP) is 1.79. The highest BCUT2D eigenvalue weighted by Gasteiger charge is 2.20. The van der Waals surface area contributed by atoms with Crippen LogP contribution in [0.3, 0.4) is 0 Å². The molecule has 16 heavy (non-hydrogen) atoms. The number of piperidine rings is 1. The number of halogens is 1. The number of hydrogen-bond acceptors (Lipinski definition) is 3. The predicted molar refractivity (Wildman–Crippen MR) is 65.4 cm³/mol. The summed E-state index contributed by atoms with van der Waals surface area (Å²) in [4.78, 5) is 2.07. The summed E-state index contributed by atoms with van der Waals surface area (Å²) in [5.41, 5.74) is 7.37. The molecule has 1 aromatic rings. The van der Waals surface area contributed by atoms with Gasteiger partial charge in [-0.25, -0.2) is 4.39 Å². The Morgan fingerprint density at radius 3 is 2.69 bits per heavy atom. The molecule has 0 radical (unpaired) electrons. The fourth-order valence-corrected chi connectivity index (χ4v) is 2.16. The number of nitrogens with two attached hydrogens (primary N) is 1. The lowest BCUT2D eigenvalue weighted by Crippen LogP contribution is -2.40. The summed E-state index contributed by atoms with van der Waals surface area (Å²) in [5, 5.41) is 3.03. The highest BCUT2D eigenvalue weighted by molar-refractivity contribution is 5.70. The maximum Gasteiger partial charge on any atom is 0.148 e. The first-order valence-electron chi connectivity index (χ1n) is 5.69. The number of nitrogens with zero attached hydrogens (tertiary/aromatic N) is 1. The summed E-state index contributed by atoms with van der Waals surface area (Å²) in [5.74, 6) is -0.165. The molecule has 4 heteroatoms. The SMILES string of the molecule is CNc1cccc(F)c1N1CCC(N)CC1. The number of rotatable bonds is 2. The van der Waals surface area contributed by atoms with E-state index in [0.717, 1.165) is 31.6 Å². The van der Waals surface area contributed by atoms with E-state index in [-0.39, 0.29) is 11.9 Å². The summed E-state index contributed by atoms with van der Waals surface area (Å²) in [6.45, 7) is 1.66. The van der Waals surface area contributed by atoms with E-state index in [2.05, 4.69) is 10.2 Å². The quantitative estimate of drug-likeness (QED) is 0.803. The van der Waals surface area contributed by atoms with Crippen molar-refractivity contribution >= 4 is 11.4 Å². The number of anilines is 2. The Morgan fingerprint density at radius 2 is 2.06 bits per heavy atom. The molecule has 0 bridgehead atoms. The van der Waals surface area contributed by atoms with Gasteiger partial charge in [0.25, 0.3) is 0 Å². The first kappa shape index (κ1) is 11.2. The van der Waals surface area contributed by atoms with Gasteiger partial charge in [-0.15, -0.1) is 0 Å². The zero-order chi connectivity index (χ0) is 11.5. The fourth-order valence-electron chi connectivity index (χ4n) is 2.16. The van der Waals surface area contributed by atoms with Gasteiger partial charge >= 0.3 is 0 Å². The van der Waals surface area contributed by atoms with Crippen molar-refractivity contribution in [2.45, 2.75) is 18.9 Å². The molecule has 1 aromatic carbocycles. The van der Waals surface area contributed by atoms with Crippen molar-refractivity contribution in [2.24, 2.45) is 5.73 Å². The maximum atomic E-state index is 13.8. The number of benzene rings is 1. The highest BCUT2D eigenvalue weighted by atomic mass is 19.1. The zero-order valence-corrected chi connectivity index (χ0v) is 9.54. The molecule has 0 saturated carbocycles. The van der Waals surface area contributed by atoms with Gasteiger partial charge in [0, 0.05) is 26.2 Å². The molecule has 1 heterocycles. The number of para-hydroxylation sites is 1. The Balaban J connectivity index is 2.25. The number of hydrogen-bond donors (Lipinski definition) is 2. The highest BCUT2D eigenvalue weighted by Crippen LogP contribution is 2.30. The average Bonchev–Trinajstić information content (AvgIpc) is 2.30. The summed E-state index contributed by atoms with van der Waals surface area (Å²) in [7, 11) is 1.81. The van der Waals surface area contributed by atoms with Crippen LogP contribution >= 0.6 is 0 Å². The Bertz CT molecular complexity index is 359. The average molecular weight is 223 g/mol. The molecule has 88 valence electrons. The molecule has 1 fully saturated rings. The Labute approximate surface area is 95.4 Å². The van der Waals surface area contributed by atoms with Gasteiger partial charge in [-0.05, 0) is 25.0 Å². The largest absolute Gasteiger partial charge is 0.386 e. The van der Waals surface area contributed by atoms with Crippen LogP contribution in [0.5, 0.6) is 0 Å².